The van der Waals surface area contributed by atoms with Crippen molar-refractivity contribution in [3.8, 4) is 5.75 Å². The van der Waals surface area contributed by atoms with Gasteiger partial charge in [-0.2, -0.15) is 12.6 Å². The molecule has 1 aliphatic rings. The second-order valence-electron chi connectivity index (χ2n) is 5.90. The lowest BCUT2D eigenvalue weighted by Crippen LogP contribution is -2.37. The molecule has 1 fully saturated rings. The van der Waals surface area contributed by atoms with Crippen molar-refractivity contribution < 1.29 is 9.47 Å². The van der Waals surface area contributed by atoms with Gasteiger partial charge in [-0.05, 0) is 48.3 Å². The Morgan fingerprint density at radius 1 is 1.35 bits per heavy atom. The van der Waals surface area contributed by atoms with Crippen molar-refractivity contribution >= 4 is 28.6 Å². The SMILES string of the molecule is CC(C)c1cc(Br)ccc1OCC1(CS)CCOCC1. The van der Waals surface area contributed by atoms with Crippen molar-refractivity contribution in [2.75, 3.05) is 25.6 Å². The van der Waals surface area contributed by atoms with E-state index in [2.05, 4.69) is 54.5 Å². The van der Waals surface area contributed by atoms with Crippen LogP contribution in [0, 0.1) is 5.41 Å². The fourth-order valence-corrected chi connectivity index (χ4v) is 3.27. The van der Waals surface area contributed by atoms with Crippen LogP contribution >= 0.6 is 28.6 Å². The zero-order valence-corrected chi connectivity index (χ0v) is 14.7. The maximum atomic E-state index is 6.16. The van der Waals surface area contributed by atoms with Gasteiger partial charge < -0.3 is 9.47 Å². The fraction of sp³-hybridized carbons (Fsp3) is 0.625. The molecule has 0 aromatic heterocycles. The summed E-state index contributed by atoms with van der Waals surface area (Å²) >= 11 is 8.07. The number of thiol groups is 1. The maximum absolute atomic E-state index is 6.16. The molecule has 4 heteroatoms. The molecule has 0 unspecified atom stereocenters. The Morgan fingerprint density at radius 3 is 2.65 bits per heavy atom. The van der Waals surface area contributed by atoms with Crippen LogP contribution < -0.4 is 4.74 Å². The number of hydrogen-bond donors (Lipinski definition) is 1. The summed E-state index contributed by atoms with van der Waals surface area (Å²) in [6.45, 7) is 6.75. The molecule has 1 heterocycles. The third-order valence-electron chi connectivity index (χ3n) is 4.02. The number of halogens is 1. The quantitative estimate of drug-likeness (QED) is 0.770. The zero-order valence-electron chi connectivity index (χ0n) is 12.2. The van der Waals surface area contributed by atoms with Gasteiger partial charge in [-0.1, -0.05) is 29.8 Å². The van der Waals surface area contributed by atoms with Crippen molar-refractivity contribution in [1.82, 2.24) is 0 Å². The second-order valence-corrected chi connectivity index (χ2v) is 7.13. The van der Waals surface area contributed by atoms with Crippen LogP contribution in [-0.2, 0) is 4.74 Å². The first-order valence-corrected chi connectivity index (χ1v) is 8.60. The molecule has 20 heavy (non-hydrogen) atoms. The third kappa shape index (κ3) is 3.92. The summed E-state index contributed by atoms with van der Waals surface area (Å²) < 4.78 is 12.7. The van der Waals surface area contributed by atoms with Crippen molar-refractivity contribution in [1.29, 1.82) is 0 Å². The minimum Gasteiger partial charge on any atom is -0.493 e. The van der Waals surface area contributed by atoms with Gasteiger partial charge >= 0.3 is 0 Å². The average molecular weight is 359 g/mol. The molecule has 0 saturated carbocycles. The summed E-state index contributed by atoms with van der Waals surface area (Å²) in [5, 5.41) is 0. The van der Waals surface area contributed by atoms with E-state index in [1.54, 1.807) is 0 Å². The smallest absolute Gasteiger partial charge is 0.122 e. The number of rotatable bonds is 5. The predicted molar refractivity (Wildman–Crippen MR) is 90.1 cm³/mol. The van der Waals surface area contributed by atoms with E-state index in [1.807, 2.05) is 6.07 Å². The van der Waals surface area contributed by atoms with Gasteiger partial charge in [-0.25, -0.2) is 0 Å². The highest BCUT2D eigenvalue weighted by atomic mass is 79.9. The van der Waals surface area contributed by atoms with E-state index in [0.717, 1.165) is 48.6 Å². The van der Waals surface area contributed by atoms with Gasteiger partial charge in [0.25, 0.3) is 0 Å². The summed E-state index contributed by atoms with van der Waals surface area (Å²) in [5.41, 5.74) is 1.41. The molecule has 1 aromatic carbocycles. The summed E-state index contributed by atoms with van der Waals surface area (Å²) in [6, 6.07) is 6.25. The highest BCUT2D eigenvalue weighted by Crippen LogP contribution is 2.35. The van der Waals surface area contributed by atoms with E-state index in [9.17, 15) is 0 Å². The Labute approximate surface area is 135 Å². The summed E-state index contributed by atoms with van der Waals surface area (Å²) in [6.07, 6.45) is 2.06. The van der Waals surface area contributed by atoms with Gasteiger partial charge in [0.05, 0.1) is 6.61 Å². The molecular weight excluding hydrogens is 336 g/mol. The molecule has 1 saturated heterocycles. The summed E-state index contributed by atoms with van der Waals surface area (Å²) in [4.78, 5) is 0. The molecule has 2 rings (SSSR count). The maximum Gasteiger partial charge on any atom is 0.122 e. The summed E-state index contributed by atoms with van der Waals surface area (Å²) in [7, 11) is 0. The van der Waals surface area contributed by atoms with Crippen molar-refractivity contribution in [2.24, 2.45) is 5.41 Å². The monoisotopic (exact) mass is 358 g/mol. The van der Waals surface area contributed by atoms with Crippen LogP contribution in [-0.4, -0.2) is 25.6 Å². The normalized spacial score (nSPS) is 18.2. The summed E-state index contributed by atoms with van der Waals surface area (Å²) in [5.74, 6) is 2.30. The fourth-order valence-electron chi connectivity index (χ4n) is 2.49. The van der Waals surface area contributed by atoms with E-state index in [0.29, 0.717) is 5.92 Å². The first-order chi connectivity index (χ1) is 9.56. The zero-order chi connectivity index (χ0) is 14.6. The topological polar surface area (TPSA) is 18.5 Å². The standard InChI is InChI=1S/C16H23BrO2S/c1-12(2)14-9-13(17)3-4-15(14)19-10-16(11-20)5-7-18-8-6-16/h3-4,9,12,20H,5-8,10-11H2,1-2H3. The molecule has 0 radical (unpaired) electrons. The van der Waals surface area contributed by atoms with Gasteiger partial charge in [0.15, 0.2) is 0 Å². The molecule has 1 aromatic rings. The molecular formula is C16H23BrO2S. The van der Waals surface area contributed by atoms with Crippen LogP contribution in [0.1, 0.15) is 38.2 Å². The van der Waals surface area contributed by atoms with E-state index < -0.39 is 0 Å². The van der Waals surface area contributed by atoms with Crippen LogP contribution in [0.15, 0.2) is 22.7 Å². The van der Waals surface area contributed by atoms with E-state index >= 15 is 0 Å². The average Bonchev–Trinajstić information content (AvgIpc) is 2.47. The molecule has 1 aliphatic heterocycles. The Morgan fingerprint density at radius 2 is 2.05 bits per heavy atom. The van der Waals surface area contributed by atoms with Crippen LogP contribution in [0.3, 0.4) is 0 Å². The van der Waals surface area contributed by atoms with Crippen LogP contribution in [0.5, 0.6) is 5.75 Å². The molecule has 0 amide bonds. The van der Waals surface area contributed by atoms with Crippen molar-refractivity contribution in [2.45, 2.75) is 32.6 Å². The van der Waals surface area contributed by atoms with Crippen LogP contribution in [0.2, 0.25) is 0 Å². The second kappa shape index (κ2) is 7.19. The van der Waals surface area contributed by atoms with E-state index in [-0.39, 0.29) is 5.41 Å². The van der Waals surface area contributed by atoms with Crippen LogP contribution in [0.25, 0.3) is 0 Å². The minimum atomic E-state index is 0.155. The molecule has 0 aliphatic carbocycles. The van der Waals surface area contributed by atoms with Crippen molar-refractivity contribution in [3.63, 3.8) is 0 Å². The molecule has 0 bridgehead atoms. The molecule has 0 N–H and O–H groups in total. The Balaban J connectivity index is 2.09. The Kier molecular flexibility index (Phi) is 5.82. The number of benzene rings is 1. The lowest BCUT2D eigenvalue weighted by molar-refractivity contribution is 0.00290. The van der Waals surface area contributed by atoms with Gasteiger partial charge in [-0.3, -0.25) is 0 Å². The Bertz CT molecular complexity index is 442. The molecule has 2 nitrogen and oxygen atoms in total. The largest absolute Gasteiger partial charge is 0.493 e. The Hall–Kier alpha value is -0.190. The lowest BCUT2D eigenvalue weighted by atomic mass is 9.83. The van der Waals surface area contributed by atoms with Gasteiger partial charge in [-0.15, -0.1) is 0 Å². The lowest BCUT2D eigenvalue weighted by Gasteiger charge is -2.35. The number of hydrogen-bond acceptors (Lipinski definition) is 3. The third-order valence-corrected chi connectivity index (χ3v) is 5.18. The van der Waals surface area contributed by atoms with E-state index in [4.69, 9.17) is 9.47 Å². The highest BCUT2D eigenvalue weighted by Gasteiger charge is 2.32. The van der Waals surface area contributed by atoms with Gasteiger partial charge in [0.1, 0.15) is 5.75 Å². The van der Waals surface area contributed by atoms with Gasteiger partial charge in [0.2, 0.25) is 0 Å². The number of ether oxygens (including phenoxy) is 2. The van der Waals surface area contributed by atoms with Crippen LogP contribution in [0.4, 0.5) is 0 Å². The molecule has 112 valence electrons. The molecule has 0 spiro atoms. The first-order valence-electron chi connectivity index (χ1n) is 7.17. The van der Waals surface area contributed by atoms with Crippen molar-refractivity contribution in [3.05, 3.63) is 28.2 Å². The first kappa shape index (κ1) is 16.2. The minimum absolute atomic E-state index is 0.155. The van der Waals surface area contributed by atoms with E-state index in [1.165, 1.54) is 5.56 Å². The van der Waals surface area contributed by atoms with Gasteiger partial charge in [0, 0.05) is 23.1 Å². The predicted octanol–water partition coefficient (Wildman–Crippen LogP) is 4.68. The molecule has 0 atom stereocenters. The highest BCUT2D eigenvalue weighted by molar-refractivity contribution is 9.10.